The van der Waals surface area contributed by atoms with Gasteiger partial charge in [-0.2, -0.15) is 5.48 Å². The predicted molar refractivity (Wildman–Crippen MR) is 101 cm³/mol. The van der Waals surface area contributed by atoms with Crippen LogP contribution in [-0.2, 0) is 32.3 Å². The number of carbonyl (C=O) groups is 2. The molecule has 0 aromatic heterocycles. The Hall–Kier alpha value is -3.10. The van der Waals surface area contributed by atoms with E-state index in [2.05, 4.69) is 10.8 Å². The van der Waals surface area contributed by atoms with Crippen LogP contribution in [0.15, 0.2) is 60.7 Å². The smallest absolute Gasteiger partial charge is 0.431 e. The number of amides is 2. The fraction of sp³-hybridized carbons (Fsp3) is 0.300. The van der Waals surface area contributed by atoms with Crippen molar-refractivity contribution in [3.05, 3.63) is 71.8 Å². The van der Waals surface area contributed by atoms with Gasteiger partial charge < -0.3 is 19.5 Å². The van der Waals surface area contributed by atoms with Crippen molar-refractivity contribution in [1.29, 1.82) is 0 Å². The number of rotatable bonds is 11. The summed E-state index contributed by atoms with van der Waals surface area (Å²) < 4.78 is 15.3. The van der Waals surface area contributed by atoms with Gasteiger partial charge in [-0.05, 0) is 11.1 Å². The molecular weight excluding hydrogens is 364 g/mol. The number of hydrogen-bond donors (Lipinski definition) is 2. The van der Waals surface area contributed by atoms with Crippen molar-refractivity contribution in [3.8, 4) is 0 Å². The SMILES string of the molecule is O=C(NCCOCCONC(=O)OCc1ccccc1)OCc1ccccc1. The second-order valence-corrected chi connectivity index (χ2v) is 5.61. The minimum absolute atomic E-state index is 0.152. The number of benzene rings is 2. The number of hydrogen-bond acceptors (Lipinski definition) is 6. The van der Waals surface area contributed by atoms with Crippen LogP contribution in [0.4, 0.5) is 9.59 Å². The van der Waals surface area contributed by atoms with Crippen molar-refractivity contribution in [2.45, 2.75) is 13.2 Å². The molecule has 2 amide bonds. The molecule has 150 valence electrons. The first kappa shape index (κ1) is 21.2. The van der Waals surface area contributed by atoms with Crippen LogP contribution in [-0.4, -0.2) is 38.6 Å². The Morgan fingerprint density at radius 3 is 1.89 bits per heavy atom. The molecule has 28 heavy (non-hydrogen) atoms. The molecule has 0 aliphatic rings. The Kier molecular flexibility index (Phi) is 9.94. The number of nitrogens with one attached hydrogen (secondary N) is 2. The summed E-state index contributed by atoms with van der Waals surface area (Å²) in [6, 6.07) is 18.7. The van der Waals surface area contributed by atoms with Crippen molar-refractivity contribution in [2.24, 2.45) is 0 Å². The highest BCUT2D eigenvalue weighted by Gasteiger charge is 2.03. The summed E-state index contributed by atoms with van der Waals surface area (Å²) in [5.74, 6) is 0. The highest BCUT2D eigenvalue weighted by Crippen LogP contribution is 2.01. The molecule has 2 aromatic carbocycles. The highest BCUT2D eigenvalue weighted by atomic mass is 16.7. The van der Waals surface area contributed by atoms with Gasteiger partial charge in [0.1, 0.15) is 13.2 Å². The zero-order valence-electron chi connectivity index (χ0n) is 15.5. The molecule has 2 aromatic rings. The Balaban J connectivity index is 1.39. The molecule has 0 aliphatic carbocycles. The molecule has 0 aliphatic heterocycles. The summed E-state index contributed by atoms with van der Waals surface area (Å²) in [6.45, 7) is 1.38. The van der Waals surface area contributed by atoms with Gasteiger partial charge >= 0.3 is 12.2 Å². The Morgan fingerprint density at radius 2 is 1.29 bits per heavy atom. The van der Waals surface area contributed by atoms with Crippen LogP contribution in [0.1, 0.15) is 11.1 Å². The van der Waals surface area contributed by atoms with Crippen LogP contribution in [0.2, 0.25) is 0 Å². The van der Waals surface area contributed by atoms with Gasteiger partial charge in [0.05, 0.1) is 19.8 Å². The number of alkyl carbamates (subject to hydrolysis) is 1. The Bertz CT molecular complexity index is 635. The lowest BCUT2D eigenvalue weighted by atomic mass is 10.2. The highest BCUT2D eigenvalue weighted by molar-refractivity contribution is 5.67. The van der Waals surface area contributed by atoms with Gasteiger partial charge in [0.2, 0.25) is 0 Å². The summed E-state index contributed by atoms with van der Waals surface area (Å²) in [7, 11) is 0. The molecule has 0 unspecified atom stereocenters. The number of carbonyl (C=O) groups excluding carboxylic acids is 2. The summed E-state index contributed by atoms with van der Waals surface area (Å²) in [6.07, 6.45) is -1.18. The maximum Gasteiger partial charge on any atom is 0.431 e. The van der Waals surface area contributed by atoms with Crippen LogP contribution >= 0.6 is 0 Å². The number of hydroxylamine groups is 1. The monoisotopic (exact) mass is 388 g/mol. The van der Waals surface area contributed by atoms with Crippen LogP contribution in [0.3, 0.4) is 0 Å². The molecule has 0 atom stereocenters. The van der Waals surface area contributed by atoms with Gasteiger partial charge in [0.25, 0.3) is 0 Å². The average Bonchev–Trinajstić information content (AvgIpc) is 2.74. The molecule has 2 N–H and O–H groups in total. The topological polar surface area (TPSA) is 95.1 Å². The molecule has 0 saturated heterocycles. The van der Waals surface area contributed by atoms with Crippen LogP contribution < -0.4 is 10.8 Å². The molecular formula is C20H24N2O6. The quantitative estimate of drug-likeness (QED) is 0.454. The van der Waals surface area contributed by atoms with E-state index in [0.717, 1.165) is 11.1 Å². The van der Waals surface area contributed by atoms with Crippen molar-refractivity contribution >= 4 is 12.2 Å². The van der Waals surface area contributed by atoms with Crippen LogP contribution in [0, 0.1) is 0 Å². The van der Waals surface area contributed by atoms with E-state index in [9.17, 15) is 9.59 Å². The first-order valence-corrected chi connectivity index (χ1v) is 8.85. The first-order chi connectivity index (χ1) is 13.7. The predicted octanol–water partition coefficient (Wildman–Crippen LogP) is 2.79. The number of ether oxygens (including phenoxy) is 3. The maximum atomic E-state index is 11.5. The molecule has 0 bridgehead atoms. The molecule has 0 radical (unpaired) electrons. The van der Waals surface area contributed by atoms with Gasteiger partial charge in [-0.1, -0.05) is 60.7 Å². The van der Waals surface area contributed by atoms with E-state index in [0.29, 0.717) is 13.2 Å². The fourth-order valence-corrected chi connectivity index (χ4v) is 2.06. The second-order valence-electron chi connectivity index (χ2n) is 5.61. The van der Waals surface area contributed by atoms with Gasteiger partial charge in [-0.3, -0.25) is 4.84 Å². The van der Waals surface area contributed by atoms with Crippen molar-refractivity contribution in [2.75, 3.05) is 26.4 Å². The Labute approximate surface area is 163 Å². The van der Waals surface area contributed by atoms with E-state index in [1.54, 1.807) is 0 Å². The average molecular weight is 388 g/mol. The van der Waals surface area contributed by atoms with E-state index >= 15 is 0 Å². The third kappa shape index (κ3) is 9.56. The van der Waals surface area contributed by atoms with Crippen LogP contribution in [0.25, 0.3) is 0 Å². The van der Waals surface area contributed by atoms with E-state index in [4.69, 9.17) is 19.0 Å². The van der Waals surface area contributed by atoms with E-state index in [1.165, 1.54) is 0 Å². The lowest BCUT2D eigenvalue weighted by Crippen LogP contribution is -2.29. The third-order valence-corrected chi connectivity index (χ3v) is 3.43. The van der Waals surface area contributed by atoms with Crippen LogP contribution in [0.5, 0.6) is 0 Å². The molecule has 2 rings (SSSR count). The minimum Gasteiger partial charge on any atom is -0.445 e. The lowest BCUT2D eigenvalue weighted by Gasteiger charge is -2.09. The third-order valence-electron chi connectivity index (χ3n) is 3.43. The first-order valence-electron chi connectivity index (χ1n) is 8.85. The fourth-order valence-electron chi connectivity index (χ4n) is 2.06. The second kappa shape index (κ2) is 13.1. The van der Waals surface area contributed by atoms with E-state index in [1.807, 2.05) is 60.7 Å². The standard InChI is InChI=1S/C20H24N2O6/c23-19(26-15-17-7-3-1-4-8-17)21-11-12-25-13-14-28-22-20(24)27-16-18-9-5-2-6-10-18/h1-10H,11-16H2,(H,21,23)(H,22,24). The van der Waals surface area contributed by atoms with Gasteiger partial charge in [-0.15, -0.1) is 0 Å². The van der Waals surface area contributed by atoms with Crippen molar-refractivity contribution in [1.82, 2.24) is 10.8 Å². The summed E-state index contributed by atoms with van der Waals surface area (Å²) in [5, 5.41) is 2.58. The molecule has 0 heterocycles. The van der Waals surface area contributed by atoms with Crippen molar-refractivity contribution < 1.29 is 28.6 Å². The zero-order valence-corrected chi connectivity index (χ0v) is 15.5. The molecule has 0 fully saturated rings. The molecule has 0 spiro atoms. The Morgan fingerprint density at radius 1 is 0.714 bits per heavy atom. The zero-order chi connectivity index (χ0) is 19.9. The molecule has 0 saturated carbocycles. The van der Waals surface area contributed by atoms with Crippen molar-refractivity contribution in [3.63, 3.8) is 0 Å². The summed E-state index contributed by atoms with van der Waals surface area (Å²) in [5.41, 5.74) is 3.97. The van der Waals surface area contributed by atoms with E-state index in [-0.39, 0.29) is 26.4 Å². The summed E-state index contributed by atoms with van der Waals surface area (Å²) in [4.78, 5) is 27.9. The molecule has 8 nitrogen and oxygen atoms in total. The van der Waals surface area contributed by atoms with Gasteiger partial charge in [-0.25, -0.2) is 9.59 Å². The lowest BCUT2D eigenvalue weighted by molar-refractivity contribution is -0.00697. The molecule has 8 heteroatoms. The largest absolute Gasteiger partial charge is 0.445 e. The van der Waals surface area contributed by atoms with Gasteiger partial charge in [0.15, 0.2) is 0 Å². The minimum atomic E-state index is -0.674. The van der Waals surface area contributed by atoms with E-state index < -0.39 is 12.2 Å². The van der Waals surface area contributed by atoms with Gasteiger partial charge in [0, 0.05) is 6.54 Å². The summed E-state index contributed by atoms with van der Waals surface area (Å²) >= 11 is 0. The normalized spacial score (nSPS) is 10.1. The maximum absolute atomic E-state index is 11.5.